The zero-order valence-electron chi connectivity index (χ0n) is 13.2. The zero-order valence-corrected chi connectivity index (χ0v) is 13.2. The van der Waals surface area contributed by atoms with Crippen molar-refractivity contribution < 1.29 is 9.32 Å². The fraction of sp³-hybridized carbons (Fsp3) is 0.750. The van der Waals surface area contributed by atoms with Gasteiger partial charge in [-0.2, -0.15) is 0 Å². The van der Waals surface area contributed by atoms with Crippen LogP contribution in [-0.4, -0.2) is 35.6 Å². The summed E-state index contributed by atoms with van der Waals surface area (Å²) >= 11 is 0. The maximum Gasteiger partial charge on any atom is 0.223 e. The second kappa shape index (κ2) is 8.17. The second-order valence-electron chi connectivity index (χ2n) is 5.98. The first-order valence-electron chi connectivity index (χ1n) is 8.11. The molecule has 0 saturated carbocycles. The van der Waals surface area contributed by atoms with Crippen LogP contribution in [0.5, 0.6) is 0 Å². The molecule has 21 heavy (non-hydrogen) atoms. The number of nitrogens with zero attached hydrogens (tertiary/aromatic N) is 2. The summed E-state index contributed by atoms with van der Waals surface area (Å²) in [6.45, 7) is 7.64. The Morgan fingerprint density at radius 1 is 1.43 bits per heavy atom. The number of aromatic nitrogens is 1. The molecule has 0 aliphatic carbocycles. The van der Waals surface area contributed by atoms with Crippen LogP contribution in [0.25, 0.3) is 0 Å². The molecule has 1 saturated heterocycles. The number of aryl methyl sites for hydroxylation is 1. The van der Waals surface area contributed by atoms with Gasteiger partial charge in [0, 0.05) is 25.1 Å². The highest BCUT2D eigenvalue weighted by molar-refractivity contribution is 5.78. The van der Waals surface area contributed by atoms with Crippen LogP contribution in [0.4, 0.5) is 0 Å². The van der Waals surface area contributed by atoms with Crippen molar-refractivity contribution in [3.63, 3.8) is 0 Å². The van der Waals surface area contributed by atoms with E-state index in [0.717, 1.165) is 56.9 Å². The maximum absolute atomic E-state index is 12.1. The first-order valence-corrected chi connectivity index (χ1v) is 8.11. The summed E-state index contributed by atoms with van der Waals surface area (Å²) in [5, 5.41) is 7.10. The van der Waals surface area contributed by atoms with Gasteiger partial charge in [0.2, 0.25) is 5.91 Å². The molecule has 1 aliphatic heterocycles. The van der Waals surface area contributed by atoms with Crippen molar-refractivity contribution in [3.8, 4) is 0 Å². The summed E-state index contributed by atoms with van der Waals surface area (Å²) in [6.07, 6.45) is 5.35. The van der Waals surface area contributed by atoms with E-state index in [0.29, 0.717) is 0 Å². The lowest BCUT2D eigenvalue weighted by atomic mass is 9.95. The molecule has 0 unspecified atom stereocenters. The van der Waals surface area contributed by atoms with Gasteiger partial charge in [0.15, 0.2) is 0 Å². The molecular formula is C16H27N3O2. The molecule has 0 radical (unpaired) electrons. The molecule has 1 N–H and O–H groups in total. The molecule has 0 spiro atoms. The van der Waals surface area contributed by atoms with Crippen molar-refractivity contribution in [1.82, 2.24) is 15.4 Å². The van der Waals surface area contributed by atoms with Gasteiger partial charge in [-0.15, -0.1) is 0 Å². The number of nitrogens with one attached hydrogen (secondary N) is 1. The van der Waals surface area contributed by atoms with Crippen molar-refractivity contribution in [2.75, 3.05) is 19.6 Å². The summed E-state index contributed by atoms with van der Waals surface area (Å²) < 4.78 is 5.09. The Morgan fingerprint density at radius 2 is 2.19 bits per heavy atom. The van der Waals surface area contributed by atoms with Crippen LogP contribution in [0.15, 0.2) is 10.6 Å². The van der Waals surface area contributed by atoms with E-state index in [-0.39, 0.29) is 11.8 Å². The summed E-state index contributed by atoms with van der Waals surface area (Å²) in [7, 11) is 0. The van der Waals surface area contributed by atoms with Crippen LogP contribution in [0, 0.1) is 12.8 Å². The Hall–Kier alpha value is -1.36. The fourth-order valence-corrected chi connectivity index (χ4v) is 2.81. The molecule has 0 aromatic carbocycles. The van der Waals surface area contributed by atoms with E-state index in [4.69, 9.17) is 4.52 Å². The lowest BCUT2D eigenvalue weighted by Crippen LogP contribution is -2.40. The monoisotopic (exact) mass is 293 g/mol. The van der Waals surface area contributed by atoms with Crippen molar-refractivity contribution in [2.45, 2.75) is 52.5 Å². The number of carbonyl (C=O) groups is 1. The minimum Gasteiger partial charge on any atom is -0.361 e. The van der Waals surface area contributed by atoms with E-state index in [9.17, 15) is 4.79 Å². The van der Waals surface area contributed by atoms with E-state index in [2.05, 4.69) is 22.3 Å². The van der Waals surface area contributed by atoms with Gasteiger partial charge >= 0.3 is 0 Å². The van der Waals surface area contributed by atoms with Crippen LogP contribution in [0.3, 0.4) is 0 Å². The molecular weight excluding hydrogens is 266 g/mol. The zero-order chi connectivity index (χ0) is 15.1. The quantitative estimate of drug-likeness (QED) is 0.785. The first-order chi connectivity index (χ1) is 10.2. The number of likely N-dealkylation sites (tertiary alicyclic amines) is 1. The number of amides is 1. The highest BCUT2D eigenvalue weighted by Crippen LogP contribution is 2.19. The average Bonchev–Trinajstić information content (AvgIpc) is 2.89. The van der Waals surface area contributed by atoms with Crippen LogP contribution in [0.1, 0.15) is 50.5 Å². The number of hydrogen-bond donors (Lipinski definition) is 1. The van der Waals surface area contributed by atoms with Crippen molar-refractivity contribution in [1.29, 1.82) is 0 Å². The van der Waals surface area contributed by atoms with Crippen molar-refractivity contribution >= 4 is 5.91 Å². The van der Waals surface area contributed by atoms with Crippen LogP contribution in [0.2, 0.25) is 0 Å². The highest BCUT2D eigenvalue weighted by atomic mass is 16.5. The molecule has 2 rings (SSSR count). The van der Waals surface area contributed by atoms with E-state index < -0.39 is 0 Å². The summed E-state index contributed by atoms with van der Waals surface area (Å²) in [5.74, 6) is 1.27. The third-order valence-electron chi connectivity index (χ3n) is 4.10. The first kappa shape index (κ1) is 16.0. The normalized spacial score (nSPS) is 17.0. The molecule has 1 aromatic heterocycles. The van der Waals surface area contributed by atoms with Gasteiger partial charge in [0.1, 0.15) is 5.76 Å². The SMILES string of the molecule is CCCCCNC(=O)C1CCN(Cc2cc(C)on2)CC1. The number of carbonyl (C=O) groups excluding carboxylic acids is 1. The third-order valence-corrected chi connectivity index (χ3v) is 4.10. The van der Waals surface area contributed by atoms with Crippen molar-refractivity contribution in [3.05, 3.63) is 17.5 Å². The number of rotatable bonds is 7. The lowest BCUT2D eigenvalue weighted by Gasteiger charge is -2.30. The van der Waals surface area contributed by atoms with Gasteiger partial charge in [0.05, 0.1) is 5.69 Å². The van der Waals surface area contributed by atoms with Gasteiger partial charge in [0.25, 0.3) is 0 Å². The predicted molar refractivity (Wildman–Crippen MR) is 81.8 cm³/mol. The topological polar surface area (TPSA) is 58.4 Å². The molecule has 5 heteroatoms. The van der Waals surface area contributed by atoms with Crippen LogP contribution in [-0.2, 0) is 11.3 Å². The van der Waals surface area contributed by atoms with Crippen LogP contribution >= 0.6 is 0 Å². The lowest BCUT2D eigenvalue weighted by molar-refractivity contribution is -0.126. The minimum atomic E-state index is 0.182. The maximum atomic E-state index is 12.1. The average molecular weight is 293 g/mol. The van der Waals surface area contributed by atoms with E-state index in [1.165, 1.54) is 12.8 Å². The van der Waals surface area contributed by atoms with E-state index in [1.54, 1.807) is 0 Å². The smallest absolute Gasteiger partial charge is 0.223 e. The Kier molecular flexibility index (Phi) is 6.23. The molecule has 5 nitrogen and oxygen atoms in total. The molecule has 2 heterocycles. The van der Waals surface area contributed by atoms with E-state index >= 15 is 0 Å². The fourth-order valence-electron chi connectivity index (χ4n) is 2.81. The molecule has 1 aliphatic rings. The third kappa shape index (κ3) is 5.16. The summed E-state index contributed by atoms with van der Waals surface area (Å²) in [4.78, 5) is 14.4. The highest BCUT2D eigenvalue weighted by Gasteiger charge is 2.25. The Labute approximate surface area is 127 Å². The molecule has 1 fully saturated rings. The minimum absolute atomic E-state index is 0.182. The number of unbranched alkanes of at least 4 members (excludes halogenated alkanes) is 2. The van der Waals surface area contributed by atoms with Gasteiger partial charge in [-0.25, -0.2) is 0 Å². The van der Waals surface area contributed by atoms with E-state index in [1.807, 2.05) is 13.0 Å². The van der Waals surface area contributed by atoms with Crippen LogP contribution < -0.4 is 5.32 Å². The standard InChI is InChI=1S/C16H27N3O2/c1-3-4-5-8-17-16(20)14-6-9-19(10-7-14)12-15-11-13(2)21-18-15/h11,14H,3-10,12H2,1-2H3,(H,17,20). The Morgan fingerprint density at radius 3 is 2.81 bits per heavy atom. The Bertz CT molecular complexity index is 436. The molecule has 0 bridgehead atoms. The van der Waals surface area contributed by atoms with Gasteiger partial charge in [-0.05, 0) is 39.3 Å². The predicted octanol–water partition coefficient (Wildman–Crippen LogP) is 2.50. The summed E-state index contributed by atoms with van der Waals surface area (Å²) in [6, 6.07) is 1.98. The Balaban J connectivity index is 1.66. The molecule has 0 atom stereocenters. The largest absolute Gasteiger partial charge is 0.361 e. The second-order valence-corrected chi connectivity index (χ2v) is 5.98. The molecule has 1 amide bonds. The number of hydrogen-bond acceptors (Lipinski definition) is 4. The van der Waals surface area contributed by atoms with Gasteiger partial charge in [-0.3, -0.25) is 9.69 Å². The molecule has 1 aromatic rings. The van der Waals surface area contributed by atoms with Gasteiger partial charge < -0.3 is 9.84 Å². The molecule has 118 valence electrons. The number of piperidine rings is 1. The summed E-state index contributed by atoms with van der Waals surface area (Å²) in [5.41, 5.74) is 0.981. The van der Waals surface area contributed by atoms with Crippen molar-refractivity contribution in [2.24, 2.45) is 5.92 Å². The van der Waals surface area contributed by atoms with Gasteiger partial charge in [-0.1, -0.05) is 24.9 Å².